The Kier molecular flexibility index (Phi) is 4.04. The molecule has 0 aromatic heterocycles. The molecule has 3 heteroatoms. The van der Waals surface area contributed by atoms with Crippen molar-refractivity contribution < 1.29 is 4.74 Å². The van der Waals surface area contributed by atoms with Crippen molar-refractivity contribution in [2.24, 2.45) is 0 Å². The minimum absolute atomic E-state index is 0.503. The Morgan fingerprint density at radius 2 is 1.84 bits per heavy atom. The van der Waals surface area contributed by atoms with E-state index in [2.05, 4.69) is 23.1 Å². The fourth-order valence-corrected chi connectivity index (χ4v) is 1.71. The normalized spacial score (nSPS) is 9.74. The molecule has 0 radical (unpaired) electrons. The Morgan fingerprint density at radius 1 is 1.11 bits per heavy atom. The molecule has 0 amide bonds. The molecule has 2 aromatic rings. The van der Waals surface area contributed by atoms with Crippen molar-refractivity contribution in [3.63, 3.8) is 0 Å². The zero-order chi connectivity index (χ0) is 13.7. The first-order valence-electron chi connectivity index (χ1n) is 6.08. The monoisotopic (exact) mass is 252 g/mol. The maximum atomic E-state index is 8.82. The van der Waals surface area contributed by atoms with Crippen molar-refractivity contribution in [3.8, 4) is 11.8 Å². The van der Waals surface area contributed by atoms with Gasteiger partial charge in [0, 0.05) is 19.8 Å². The number of ether oxygens (including phenoxy) is 1. The Bertz CT molecular complexity index is 582. The van der Waals surface area contributed by atoms with Crippen LogP contribution in [0, 0.1) is 11.3 Å². The summed E-state index contributed by atoms with van der Waals surface area (Å²) in [4.78, 5) is 2.06. The van der Waals surface area contributed by atoms with Crippen molar-refractivity contribution in [2.75, 3.05) is 19.0 Å². The van der Waals surface area contributed by atoms with Crippen molar-refractivity contribution >= 4 is 5.69 Å². The minimum atomic E-state index is 0.503. The van der Waals surface area contributed by atoms with Crippen LogP contribution in [0.5, 0.6) is 5.75 Å². The van der Waals surface area contributed by atoms with Gasteiger partial charge in [0.1, 0.15) is 12.4 Å². The molecule has 0 saturated carbocycles. The zero-order valence-electron chi connectivity index (χ0n) is 11.1. The second-order valence-corrected chi connectivity index (χ2v) is 4.49. The average molecular weight is 252 g/mol. The fourth-order valence-electron chi connectivity index (χ4n) is 1.71. The molecule has 0 spiro atoms. The molecule has 0 aliphatic carbocycles. The molecule has 0 N–H and O–H groups in total. The molecule has 19 heavy (non-hydrogen) atoms. The van der Waals surface area contributed by atoms with Gasteiger partial charge in [0.05, 0.1) is 11.6 Å². The van der Waals surface area contributed by atoms with Crippen LogP contribution in [0.15, 0.2) is 48.5 Å². The molecule has 0 heterocycles. The topological polar surface area (TPSA) is 36.3 Å². The highest BCUT2D eigenvalue weighted by atomic mass is 16.5. The molecular weight excluding hydrogens is 236 g/mol. The average Bonchev–Trinajstić information content (AvgIpc) is 2.46. The summed E-state index contributed by atoms with van der Waals surface area (Å²) in [7, 11) is 4.03. The Balaban J connectivity index is 2.00. The van der Waals surface area contributed by atoms with Gasteiger partial charge in [-0.15, -0.1) is 0 Å². The van der Waals surface area contributed by atoms with Gasteiger partial charge in [0.25, 0.3) is 0 Å². The van der Waals surface area contributed by atoms with Gasteiger partial charge in [-0.25, -0.2) is 0 Å². The van der Waals surface area contributed by atoms with Crippen molar-refractivity contribution in [1.29, 1.82) is 5.26 Å². The summed E-state index contributed by atoms with van der Waals surface area (Å²) in [5, 5.41) is 8.82. The van der Waals surface area contributed by atoms with Gasteiger partial charge in [0.15, 0.2) is 0 Å². The van der Waals surface area contributed by atoms with Crippen LogP contribution in [0.1, 0.15) is 11.1 Å². The molecule has 3 nitrogen and oxygen atoms in total. The van der Waals surface area contributed by atoms with Crippen molar-refractivity contribution in [3.05, 3.63) is 59.7 Å². The Morgan fingerprint density at radius 3 is 2.47 bits per heavy atom. The van der Waals surface area contributed by atoms with Crippen LogP contribution in [-0.2, 0) is 6.61 Å². The quantitative estimate of drug-likeness (QED) is 0.838. The van der Waals surface area contributed by atoms with E-state index in [1.165, 1.54) is 0 Å². The van der Waals surface area contributed by atoms with Crippen LogP contribution in [0.2, 0.25) is 0 Å². The van der Waals surface area contributed by atoms with E-state index in [-0.39, 0.29) is 0 Å². The third-order valence-electron chi connectivity index (χ3n) is 2.82. The minimum Gasteiger partial charge on any atom is -0.489 e. The summed E-state index contributed by atoms with van der Waals surface area (Å²) in [5.74, 6) is 0.718. The van der Waals surface area contributed by atoms with E-state index in [1.807, 2.05) is 38.4 Å². The van der Waals surface area contributed by atoms with E-state index >= 15 is 0 Å². The highest BCUT2D eigenvalue weighted by Gasteiger charge is 1.99. The summed E-state index contributed by atoms with van der Waals surface area (Å²) in [6.07, 6.45) is 0. The number of hydrogen-bond donors (Lipinski definition) is 0. The van der Waals surface area contributed by atoms with Gasteiger partial charge >= 0.3 is 0 Å². The first kappa shape index (κ1) is 13.0. The fraction of sp³-hybridized carbons (Fsp3) is 0.188. The van der Waals surface area contributed by atoms with E-state index in [0.29, 0.717) is 12.2 Å². The maximum Gasteiger partial charge on any atom is 0.121 e. The third kappa shape index (κ3) is 3.49. The molecule has 0 saturated heterocycles. The lowest BCUT2D eigenvalue weighted by molar-refractivity contribution is 0.306. The second kappa shape index (κ2) is 5.92. The molecular formula is C16H16N2O. The molecule has 2 rings (SSSR count). The van der Waals surface area contributed by atoms with Crippen LogP contribution in [-0.4, -0.2) is 14.1 Å². The highest BCUT2D eigenvalue weighted by Crippen LogP contribution is 2.16. The van der Waals surface area contributed by atoms with Gasteiger partial charge in [-0.1, -0.05) is 18.2 Å². The van der Waals surface area contributed by atoms with E-state index in [9.17, 15) is 0 Å². The molecule has 0 aliphatic heterocycles. The summed E-state index contributed by atoms with van der Waals surface area (Å²) < 4.78 is 5.67. The van der Waals surface area contributed by atoms with E-state index in [4.69, 9.17) is 10.00 Å². The van der Waals surface area contributed by atoms with Gasteiger partial charge < -0.3 is 9.64 Å². The number of hydrogen-bond acceptors (Lipinski definition) is 3. The largest absolute Gasteiger partial charge is 0.489 e. The maximum absolute atomic E-state index is 8.82. The molecule has 0 atom stereocenters. The zero-order valence-corrected chi connectivity index (χ0v) is 11.1. The molecule has 2 aromatic carbocycles. The van der Waals surface area contributed by atoms with Crippen LogP contribution in [0.4, 0.5) is 5.69 Å². The summed E-state index contributed by atoms with van der Waals surface area (Å²) in [6.45, 7) is 0.503. The number of nitrogens with zero attached hydrogens (tertiary/aromatic N) is 2. The van der Waals surface area contributed by atoms with Gasteiger partial charge in [0.2, 0.25) is 0 Å². The number of nitriles is 1. The Hall–Kier alpha value is -2.47. The van der Waals surface area contributed by atoms with Crippen LogP contribution in [0.3, 0.4) is 0 Å². The van der Waals surface area contributed by atoms with Gasteiger partial charge in [-0.2, -0.15) is 5.26 Å². The lowest BCUT2D eigenvalue weighted by Gasteiger charge is -2.13. The molecule has 0 fully saturated rings. The molecule has 0 unspecified atom stereocenters. The van der Waals surface area contributed by atoms with Crippen LogP contribution >= 0.6 is 0 Å². The van der Waals surface area contributed by atoms with Gasteiger partial charge in [-0.3, -0.25) is 0 Å². The smallest absolute Gasteiger partial charge is 0.121 e. The number of benzene rings is 2. The highest BCUT2D eigenvalue weighted by molar-refractivity contribution is 5.46. The number of anilines is 1. The summed E-state index contributed by atoms with van der Waals surface area (Å²) in [5.41, 5.74) is 2.88. The lowest BCUT2D eigenvalue weighted by atomic mass is 10.2. The van der Waals surface area contributed by atoms with E-state index < -0.39 is 0 Å². The van der Waals surface area contributed by atoms with Crippen LogP contribution < -0.4 is 9.64 Å². The van der Waals surface area contributed by atoms with E-state index in [1.54, 1.807) is 12.1 Å². The summed E-state index contributed by atoms with van der Waals surface area (Å²) in [6, 6.07) is 17.5. The third-order valence-corrected chi connectivity index (χ3v) is 2.82. The van der Waals surface area contributed by atoms with Crippen LogP contribution in [0.25, 0.3) is 0 Å². The SMILES string of the molecule is CN(C)c1ccc(COc2cccc(C#N)c2)cc1. The predicted molar refractivity (Wildman–Crippen MR) is 76.3 cm³/mol. The molecule has 0 bridgehead atoms. The Labute approximate surface area is 113 Å². The first-order valence-corrected chi connectivity index (χ1v) is 6.08. The van der Waals surface area contributed by atoms with Crippen molar-refractivity contribution in [1.82, 2.24) is 0 Å². The van der Waals surface area contributed by atoms with Gasteiger partial charge in [-0.05, 0) is 35.9 Å². The van der Waals surface area contributed by atoms with E-state index in [0.717, 1.165) is 17.0 Å². The standard InChI is InChI=1S/C16H16N2O/c1-18(2)15-8-6-13(7-9-15)12-19-16-5-3-4-14(10-16)11-17/h3-10H,12H2,1-2H3. The first-order chi connectivity index (χ1) is 9.19. The van der Waals surface area contributed by atoms with Crippen molar-refractivity contribution in [2.45, 2.75) is 6.61 Å². The predicted octanol–water partition coefficient (Wildman–Crippen LogP) is 3.20. The summed E-state index contributed by atoms with van der Waals surface area (Å²) >= 11 is 0. The molecule has 96 valence electrons. The second-order valence-electron chi connectivity index (χ2n) is 4.49. The number of rotatable bonds is 4. The lowest BCUT2D eigenvalue weighted by Crippen LogP contribution is -2.08. The molecule has 0 aliphatic rings.